The van der Waals surface area contributed by atoms with Gasteiger partial charge in [0.25, 0.3) is 0 Å². The predicted octanol–water partition coefficient (Wildman–Crippen LogP) is 2.43. The lowest BCUT2D eigenvalue weighted by Crippen LogP contribution is -2.13. The summed E-state index contributed by atoms with van der Waals surface area (Å²) in [7, 11) is 0. The SMILES string of the molecule is CC(=O)CC(N)c1cccc(Br)c1. The van der Waals surface area contributed by atoms with Crippen LogP contribution in [0.2, 0.25) is 0 Å². The van der Waals surface area contributed by atoms with Crippen LogP contribution >= 0.6 is 15.9 Å². The Bertz CT molecular complexity index is 312. The number of carbonyl (C=O) groups is 1. The Balaban J connectivity index is 2.76. The summed E-state index contributed by atoms with van der Waals surface area (Å²) in [6, 6.07) is 7.53. The zero-order valence-corrected chi connectivity index (χ0v) is 9.04. The fourth-order valence-corrected chi connectivity index (χ4v) is 1.58. The quantitative estimate of drug-likeness (QED) is 0.884. The summed E-state index contributed by atoms with van der Waals surface area (Å²) in [4.78, 5) is 10.8. The molecule has 13 heavy (non-hydrogen) atoms. The van der Waals surface area contributed by atoms with Crippen molar-refractivity contribution in [2.75, 3.05) is 0 Å². The number of rotatable bonds is 3. The topological polar surface area (TPSA) is 43.1 Å². The summed E-state index contributed by atoms with van der Waals surface area (Å²) in [5.74, 6) is 0.118. The number of benzene rings is 1. The summed E-state index contributed by atoms with van der Waals surface area (Å²) in [6.45, 7) is 1.55. The average Bonchev–Trinajstić information content (AvgIpc) is 2.03. The van der Waals surface area contributed by atoms with Crippen LogP contribution < -0.4 is 5.73 Å². The molecule has 2 nitrogen and oxygen atoms in total. The molecule has 0 spiro atoms. The van der Waals surface area contributed by atoms with Gasteiger partial charge in [-0.1, -0.05) is 28.1 Å². The van der Waals surface area contributed by atoms with Crippen LogP contribution in [0, 0.1) is 0 Å². The number of Topliss-reactive ketones (excluding diaryl/α,β-unsaturated/α-hetero) is 1. The molecule has 0 saturated carbocycles. The van der Waals surface area contributed by atoms with Crippen LogP contribution in [0.1, 0.15) is 24.9 Å². The van der Waals surface area contributed by atoms with E-state index in [0.29, 0.717) is 6.42 Å². The van der Waals surface area contributed by atoms with Gasteiger partial charge in [-0.15, -0.1) is 0 Å². The van der Waals surface area contributed by atoms with Crippen LogP contribution in [-0.4, -0.2) is 5.78 Å². The van der Waals surface area contributed by atoms with E-state index in [1.807, 2.05) is 24.3 Å². The number of hydrogen-bond donors (Lipinski definition) is 1. The van der Waals surface area contributed by atoms with Crippen molar-refractivity contribution in [3.05, 3.63) is 34.3 Å². The highest BCUT2D eigenvalue weighted by molar-refractivity contribution is 9.10. The first kappa shape index (κ1) is 10.4. The molecular weight excluding hydrogens is 230 g/mol. The van der Waals surface area contributed by atoms with E-state index in [1.54, 1.807) is 6.92 Å². The molecule has 0 aliphatic heterocycles. The average molecular weight is 242 g/mol. The molecule has 3 heteroatoms. The molecule has 70 valence electrons. The zero-order valence-electron chi connectivity index (χ0n) is 7.46. The Hall–Kier alpha value is -0.670. The summed E-state index contributed by atoms with van der Waals surface area (Å²) < 4.78 is 0.990. The van der Waals surface area contributed by atoms with Gasteiger partial charge in [0, 0.05) is 16.9 Å². The Morgan fingerprint density at radius 1 is 1.62 bits per heavy atom. The second-order valence-corrected chi connectivity index (χ2v) is 3.98. The molecule has 0 amide bonds. The van der Waals surface area contributed by atoms with E-state index in [2.05, 4.69) is 15.9 Å². The highest BCUT2D eigenvalue weighted by atomic mass is 79.9. The van der Waals surface area contributed by atoms with Gasteiger partial charge in [0.1, 0.15) is 5.78 Å². The van der Waals surface area contributed by atoms with Gasteiger partial charge >= 0.3 is 0 Å². The van der Waals surface area contributed by atoms with Crippen molar-refractivity contribution in [1.82, 2.24) is 0 Å². The minimum Gasteiger partial charge on any atom is -0.324 e. The molecule has 2 N–H and O–H groups in total. The smallest absolute Gasteiger partial charge is 0.131 e. The predicted molar refractivity (Wildman–Crippen MR) is 56.4 cm³/mol. The second-order valence-electron chi connectivity index (χ2n) is 3.07. The Kier molecular flexibility index (Phi) is 3.63. The molecule has 0 heterocycles. The summed E-state index contributed by atoms with van der Waals surface area (Å²) in [6.07, 6.45) is 0.399. The fourth-order valence-electron chi connectivity index (χ4n) is 1.16. The van der Waals surface area contributed by atoms with Crippen LogP contribution in [0.5, 0.6) is 0 Å². The van der Waals surface area contributed by atoms with Gasteiger partial charge < -0.3 is 5.73 Å². The lowest BCUT2D eigenvalue weighted by molar-refractivity contribution is -0.117. The molecular formula is C10H12BrNO. The molecule has 0 fully saturated rings. The van der Waals surface area contributed by atoms with Gasteiger partial charge in [-0.25, -0.2) is 0 Å². The van der Waals surface area contributed by atoms with Crippen molar-refractivity contribution >= 4 is 21.7 Å². The number of halogens is 1. The van der Waals surface area contributed by atoms with E-state index in [0.717, 1.165) is 10.0 Å². The van der Waals surface area contributed by atoms with Gasteiger partial charge in [-0.2, -0.15) is 0 Å². The van der Waals surface area contributed by atoms with Crippen LogP contribution in [-0.2, 0) is 4.79 Å². The lowest BCUT2D eigenvalue weighted by atomic mass is 10.0. The van der Waals surface area contributed by atoms with E-state index in [9.17, 15) is 4.79 Å². The zero-order chi connectivity index (χ0) is 9.84. The maximum absolute atomic E-state index is 10.8. The molecule has 0 aliphatic rings. The van der Waals surface area contributed by atoms with Gasteiger partial charge in [0.05, 0.1) is 0 Å². The Morgan fingerprint density at radius 3 is 2.85 bits per heavy atom. The van der Waals surface area contributed by atoms with Crippen LogP contribution in [0.4, 0.5) is 0 Å². The molecule has 0 bridgehead atoms. The van der Waals surface area contributed by atoms with Crippen molar-refractivity contribution in [3.63, 3.8) is 0 Å². The van der Waals surface area contributed by atoms with Crippen molar-refractivity contribution in [3.8, 4) is 0 Å². The normalized spacial score (nSPS) is 12.5. The van der Waals surface area contributed by atoms with E-state index in [4.69, 9.17) is 5.73 Å². The first-order valence-electron chi connectivity index (χ1n) is 4.10. The van der Waals surface area contributed by atoms with Crippen LogP contribution in [0.15, 0.2) is 28.7 Å². The van der Waals surface area contributed by atoms with Gasteiger partial charge in [0.15, 0.2) is 0 Å². The minimum atomic E-state index is -0.185. The first-order chi connectivity index (χ1) is 6.09. The van der Waals surface area contributed by atoms with Gasteiger partial charge in [0.2, 0.25) is 0 Å². The van der Waals surface area contributed by atoms with E-state index < -0.39 is 0 Å². The molecule has 0 aliphatic carbocycles. The molecule has 0 saturated heterocycles. The number of ketones is 1. The molecule has 1 unspecified atom stereocenters. The fraction of sp³-hybridized carbons (Fsp3) is 0.300. The van der Waals surface area contributed by atoms with Crippen molar-refractivity contribution in [1.29, 1.82) is 0 Å². The van der Waals surface area contributed by atoms with Crippen molar-refractivity contribution in [2.45, 2.75) is 19.4 Å². The highest BCUT2D eigenvalue weighted by Crippen LogP contribution is 2.18. The van der Waals surface area contributed by atoms with Crippen LogP contribution in [0.25, 0.3) is 0 Å². The summed E-state index contributed by atoms with van der Waals surface area (Å²) in [5, 5.41) is 0. The third-order valence-electron chi connectivity index (χ3n) is 1.78. The maximum Gasteiger partial charge on any atom is 0.131 e. The number of hydrogen-bond acceptors (Lipinski definition) is 2. The van der Waals surface area contributed by atoms with Crippen molar-refractivity contribution in [2.24, 2.45) is 5.73 Å². The van der Waals surface area contributed by atoms with E-state index >= 15 is 0 Å². The van der Waals surface area contributed by atoms with E-state index in [-0.39, 0.29) is 11.8 Å². The second kappa shape index (κ2) is 4.53. The monoisotopic (exact) mass is 241 g/mol. The molecule has 1 aromatic rings. The third kappa shape index (κ3) is 3.28. The highest BCUT2D eigenvalue weighted by Gasteiger charge is 2.08. The lowest BCUT2D eigenvalue weighted by Gasteiger charge is -2.09. The summed E-state index contributed by atoms with van der Waals surface area (Å²) >= 11 is 3.36. The molecule has 0 aromatic heterocycles. The largest absolute Gasteiger partial charge is 0.324 e. The maximum atomic E-state index is 10.8. The number of carbonyl (C=O) groups excluding carboxylic acids is 1. The standard InChI is InChI=1S/C10H12BrNO/c1-7(13)5-10(12)8-3-2-4-9(11)6-8/h2-4,6,10H,5,12H2,1H3. The molecule has 0 radical (unpaired) electrons. The molecule has 1 rings (SSSR count). The Morgan fingerprint density at radius 2 is 2.31 bits per heavy atom. The number of nitrogens with two attached hydrogens (primary N) is 1. The Labute approximate surface area is 86.3 Å². The first-order valence-corrected chi connectivity index (χ1v) is 4.89. The van der Waals surface area contributed by atoms with E-state index in [1.165, 1.54) is 0 Å². The summed E-state index contributed by atoms with van der Waals surface area (Å²) in [5.41, 5.74) is 6.81. The van der Waals surface area contributed by atoms with Gasteiger partial charge in [-0.3, -0.25) is 4.79 Å². The van der Waals surface area contributed by atoms with Crippen LogP contribution in [0.3, 0.4) is 0 Å². The third-order valence-corrected chi connectivity index (χ3v) is 2.28. The minimum absolute atomic E-state index is 0.118. The molecule has 1 aromatic carbocycles. The molecule has 1 atom stereocenters. The van der Waals surface area contributed by atoms with Crippen molar-refractivity contribution < 1.29 is 4.79 Å². The van der Waals surface area contributed by atoms with Gasteiger partial charge in [-0.05, 0) is 24.6 Å².